The van der Waals surface area contributed by atoms with E-state index >= 15 is 0 Å². The zero-order chi connectivity index (χ0) is 19.8. The Hall–Kier alpha value is -2.77. The number of hydrogen-bond donors (Lipinski definition) is 1. The Morgan fingerprint density at radius 3 is 2.74 bits per heavy atom. The fraction of sp³-hybridized carbons (Fsp3) is 0.353. The Morgan fingerprint density at radius 2 is 2.11 bits per heavy atom. The number of benzene rings is 1. The number of nitrogens with zero attached hydrogens (tertiary/aromatic N) is 4. The van der Waals surface area contributed by atoms with Crippen LogP contribution in [-0.4, -0.2) is 36.7 Å². The average Bonchev–Trinajstić information content (AvgIpc) is 2.95. The van der Waals surface area contributed by atoms with E-state index in [1.165, 1.54) is 4.90 Å². The van der Waals surface area contributed by atoms with Gasteiger partial charge in [-0.25, -0.2) is 12.8 Å². The smallest absolute Gasteiger partial charge is 0.246 e. The third-order valence-electron chi connectivity index (χ3n) is 4.36. The molecule has 0 spiro atoms. The van der Waals surface area contributed by atoms with Crippen molar-refractivity contribution in [3.63, 3.8) is 0 Å². The molecule has 0 bridgehead atoms. The summed E-state index contributed by atoms with van der Waals surface area (Å²) in [4.78, 5) is 14.1. The molecule has 10 heteroatoms. The number of aromatic nitrogens is 2. The second-order valence-corrected chi connectivity index (χ2v) is 8.04. The fourth-order valence-electron chi connectivity index (χ4n) is 3.07. The maximum atomic E-state index is 13.5. The number of hydrogen-bond acceptors (Lipinski definition) is 5. The van der Waals surface area contributed by atoms with Crippen LogP contribution in [0.15, 0.2) is 29.2 Å². The van der Waals surface area contributed by atoms with Crippen molar-refractivity contribution in [1.29, 1.82) is 5.26 Å². The minimum absolute atomic E-state index is 0.262. The van der Waals surface area contributed by atoms with Crippen LogP contribution in [0.5, 0.6) is 0 Å². The summed E-state index contributed by atoms with van der Waals surface area (Å²) in [6.07, 6.45) is 0.952. The van der Waals surface area contributed by atoms with Crippen LogP contribution in [0.1, 0.15) is 24.1 Å². The Labute approximate surface area is 156 Å². The Kier molecular flexibility index (Phi) is 4.99. The van der Waals surface area contributed by atoms with E-state index in [9.17, 15) is 17.6 Å². The first-order valence-corrected chi connectivity index (χ1v) is 9.75. The van der Waals surface area contributed by atoms with Crippen molar-refractivity contribution < 1.29 is 17.6 Å². The van der Waals surface area contributed by atoms with E-state index < -0.39 is 21.9 Å². The monoisotopic (exact) mass is 391 g/mol. The van der Waals surface area contributed by atoms with Crippen molar-refractivity contribution in [2.45, 2.75) is 30.7 Å². The Morgan fingerprint density at radius 1 is 1.37 bits per heavy atom. The number of amides is 1. The minimum atomic E-state index is -4.09. The van der Waals surface area contributed by atoms with Crippen molar-refractivity contribution in [2.24, 2.45) is 7.05 Å². The molecule has 1 aromatic heterocycles. The van der Waals surface area contributed by atoms with Gasteiger partial charge in [-0.05, 0) is 38.0 Å². The number of piperidine rings is 1. The molecule has 1 aromatic carbocycles. The minimum Gasteiger partial charge on any atom is -0.296 e. The Balaban J connectivity index is 1.85. The summed E-state index contributed by atoms with van der Waals surface area (Å²) in [6.45, 7) is 2.27. The van der Waals surface area contributed by atoms with E-state index in [-0.39, 0.29) is 16.4 Å². The predicted octanol–water partition coefficient (Wildman–Crippen LogP) is 1.21. The van der Waals surface area contributed by atoms with Crippen LogP contribution in [0.3, 0.4) is 0 Å². The molecule has 1 atom stereocenters. The standard InChI is InChI=1S/C17H18FN5O3S/c1-11-8-16(22(2)20-11)23-7-3-4-15(17(23)24)21-27(25,26)13-5-6-14(18)12(9-13)10-19/h5-6,8-9,15,21H,3-4,7H2,1-2H3/t15-/m1/s1. The molecule has 1 N–H and O–H groups in total. The lowest BCUT2D eigenvalue weighted by atomic mass is 10.1. The number of carbonyl (C=O) groups excluding carboxylic acids is 1. The van der Waals surface area contributed by atoms with Gasteiger partial charge >= 0.3 is 0 Å². The summed E-state index contributed by atoms with van der Waals surface area (Å²) < 4.78 is 42.6. The van der Waals surface area contributed by atoms with Gasteiger partial charge in [0.05, 0.1) is 16.2 Å². The molecule has 0 unspecified atom stereocenters. The third-order valence-corrected chi connectivity index (χ3v) is 5.83. The van der Waals surface area contributed by atoms with E-state index in [1.54, 1.807) is 30.8 Å². The van der Waals surface area contributed by atoms with Crippen LogP contribution >= 0.6 is 0 Å². The normalized spacial score (nSPS) is 17.8. The number of nitrogens with one attached hydrogen (secondary N) is 1. The van der Waals surface area contributed by atoms with Gasteiger partial charge < -0.3 is 0 Å². The molecule has 8 nitrogen and oxygen atoms in total. The van der Waals surface area contributed by atoms with Gasteiger partial charge in [0.2, 0.25) is 15.9 Å². The molecule has 142 valence electrons. The second-order valence-electron chi connectivity index (χ2n) is 6.33. The first-order chi connectivity index (χ1) is 12.7. The zero-order valence-corrected chi connectivity index (χ0v) is 15.6. The number of halogens is 1. The fourth-order valence-corrected chi connectivity index (χ4v) is 4.32. The van der Waals surface area contributed by atoms with E-state index in [1.807, 2.05) is 0 Å². The molecule has 0 saturated carbocycles. The highest BCUT2D eigenvalue weighted by Gasteiger charge is 2.34. The topological polar surface area (TPSA) is 108 Å². The van der Waals surface area contributed by atoms with Crippen molar-refractivity contribution in [3.05, 3.63) is 41.3 Å². The van der Waals surface area contributed by atoms with Crippen LogP contribution in [0.2, 0.25) is 0 Å². The molecule has 2 aromatic rings. The van der Waals surface area contributed by atoms with Crippen molar-refractivity contribution >= 4 is 21.7 Å². The first-order valence-electron chi connectivity index (χ1n) is 8.27. The summed E-state index contributed by atoms with van der Waals surface area (Å²) >= 11 is 0. The van der Waals surface area contributed by atoms with Crippen LogP contribution in [0.4, 0.5) is 10.2 Å². The number of nitriles is 1. The summed E-state index contributed by atoms with van der Waals surface area (Å²) in [6, 6.07) is 5.35. The quantitative estimate of drug-likeness (QED) is 0.843. The van der Waals surface area contributed by atoms with E-state index in [0.717, 1.165) is 23.9 Å². The van der Waals surface area contributed by atoms with Crippen LogP contribution in [0, 0.1) is 24.1 Å². The molecule has 1 fully saturated rings. The summed E-state index contributed by atoms with van der Waals surface area (Å²) in [5.74, 6) is -0.590. The van der Waals surface area contributed by atoms with Crippen LogP contribution < -0.4 is 9.62 Å². The highest BCUT2D eigenvalue weighted by Crippen LogP contribution is 2.23. The van der Waals surface area contributed by atoms with E-state index in [4.69, 9.17) is 5.26 Å². The summed E-state index contributed by atoms with van der Waals surface area (Å²) in [7, 11) is -2.38. The summed E-state index contributed by atoms with van der Waals surface area (Å²) in [5.41, 5.74) is 0.373. The van der Waals surface area contributed by atoms with E-state index in [0.29, 0.717) is 25.2 Å². The molecule has 1 aliphatic rings. The van der Waals surface area contributed by atoms with Gasteiger partial charge in [0.15, 0.2) is 0 Å². The molecule has 1 amide bonds. The van der Waals surface area contributed by atoms with Gasteiger partial charge in [0.1, 0.15) is 23.7 Å². The van der Waals surface area contributed by atoms with Gasteiger partial charge in [-0.1, -0.05) is 0 Å². The second kappa shape index (κ2) is 7.09. The molecular weight excluding hydrogens is 373 g/mol. The lowest BCUT2D eigenvalue weighted by molar-refractivity contribution is -0.121. The van der Waals surface area contributed by atoms with Crippen LogP contribution in [0.25, 0.3) is 0 Å². The predicted molar refractivity (Wildman–Crippen MR) is 94.8 cm³/mol. The van der Waals surface area contributed by atoms with Gasteiger partial charge in [0, 0.05) is 19.7 Å². The molecule has 0 aliphatic carbocycles. The van der Waals surface area contributed by atoms with Gasteiger partial charge in [-0.3, -0.25) is 14.4 Å². The van der Waals surface area contributed by atoms with Gasteiger partial charge in [0.25, 0.3) is 0 Å². The molecule has 3 rings (SSSR count). The molecule has 0 radical (unpaired) electrons. The van der Waals surface area contributed by atoms with Crippen LogP contribution in [-0.2, 0) is 21.9 Å². The molecule has 1 aliphatic heterocycles. The van der Waals surface area contributed by atoms with Gasteiger partial charge in [-0.2, -0.15) is 15.1 Å². The number of carbonyl (C=O) groups is 1. The lowest BCUT2D eigenvalue weighted by Gasteiger charge is -2.32. The molecule has 2 heterocycles. The van der Waals surface area contributed by atoms with Crippen molar-refractivity contribution in [1.82, 2.24) is 14.5 Å². The number of rotatable bonds is 4. The molecular formula is C17H18FN5O3S. The van der Waals surface area contributed by atoms with Crippen molar-refractivity contribution in [3.8, 4) is 6.07 Å². The highest BCUT2D eigenvalue weighted by atomic mass is 32.2. The zero-order valence-electron chi connectivity index (χ0n) is 14.8. The van der Waals surface area contributed by atoms with Crippen molar-refractivity contribution in [2.75, 3.05) is 11.4 Å². The third kappa shape index (κ3) is 3.70. The Bertz CT molecular complexity index is 1040. The lowest BCUT2D eigenvalue weighted by Crippen LogP contribution is -2.52. The largest absolute Gasteiger partial charge is 0.296 e. The summed E-state index contributed by atoms with van der Waals surface area (Å²) in [5, 5.41) is 13.1. The van der Waals surface area contributed by atoms with E-state index in [2.05, 4.69) is 9.82 Å². The van der Waals surface area contributed by atoms with Gasteiger partial charge in [-0.15, -0.1) is 0 Å². The highest BCUT2D eigenvalue weighted by molar-refractivity contribution is 7.89. The number of sulfonamides is 1. The molecule has 1 saturated heterocycles. The first kappa shape index (κ1) is 19.0. The molecule has 27 heavy (non-hydrogen) atoms. The maximum Gasteiger partial charge on any atom is 0.246 e. The average molecular weight is 391 g/mol. The SMILES string of the molecule is Cc1cc(N2CCC[C@@H](NS(=O)(=O)c3ccc(F)c(C#N)c3)C2=O)n(C)n1. The number of anilines is 1. The maximum absolute atomic E-state index is 13.5. The number of aryl methyl sites for hydroxylation is 2.